The van der Waals surface area contributed by atoms with Crippen molar-refractivity contribution in [1.29, 1.82) is 0 Å². The summed E-state index contributed by atoms with van der Waals surface area (Å²) in [5.41, 5.74) is 6.38. The van der Waals surface area contributed by atoms with Crippen molar-refractivity contribution in [3.8, 4) is 5.75 Å². The van der Waals surface area contributed by atoms with Crippen molar-refractivity contribution in [3.63, 3.8) is 0 Å². The summed E-state index contributed by atoms with van der Waals surface area (Å²) < 4.78 is 65.0. The monoisotopic (exact) mass is 450 g/mol. The smallest absolute Gasteiger partial charge is 0.416 e. The van der Waals surface area contributed by atoms with E-state index in [0.29, 0.717) is 16.9 Å². The molecule has 0 aromatic heterocycles. The molecule has 0 saturated carbocycles. The second kappa shape index (κ2) is 8.26. The van der Waals surface area contributed by atoms with Gasteiger partial charge in [0, 0.05) is 11.8 Å². The van der Waals surface area contributed by atoms with E-state index in [4.69, 9.17) is 5.73 Å². The van der Waals surface area contributed by atoms with Gasteiger partial charge in [-0.15, -0.1) is 5.11 Å². The van der Waals surface area contributed by atoms with Gasteiger partial charge in [-0.25, -0.2) is 8.42 Å². The number of hydrogen-bond acceptors (Lipinski definition) is 6. The highest BCUT2D eigenvalue weighted by atomic mass is 32.2. The number of alkyl halides is 3. The van der Waals surface area contributed by atoms with Crippen molar-refractivity contribution < 1.29 is 26.7 Å². The number of rotatable bonds is 5. The van der Waals surface area contributed by atoms with Crippen LogP contribution in [0.1, 0.15) is 11.1 Å². The van der Waals surface area contributed by atoms with E-state index in [0.717, 1.165) is 24.3 Å². The van der Waals surface area contributed by atoms with Crippen LogP contribution in [0.25, 0.3) is 0 Å². The third-order valence-corrected chi connectivity index (χ3v) is 5.63. The van der Waals surface area contributed by atoms with Gasteiger partial charge in [0.05, 0.1) is 21.8 Å². The first-order valence-corrected chi connectivity index (χ1v) is 10.2. The fourth-order valence-corrected chi connectivity index (χ4v) is 3.59. The number of nitrogens with one attached hydrogen (secondary N) is 1. The van der Waals surface area contributed by atoms with Crippen LogP contribution in [0.5, 0.6) is 5.75 Å². The van der Waals surface area contributed by atoms with Gasteiger partial charge in [0.25, 0.3) is 10.0 Å². The van der Waals surface area contributed by atoms with Crippen molar-refractivity contribution in [3.05, 3.63) is 71.8 Å². The number of hydrogen-bond donors (Lipinski definition) is 3. The molecule has 3 aromatic carbocycles. The number of nitrogen functional groups attached to an aromatic ring is 1. The van der Waals surface area contributed by atoms with Gasteiger partial charge in [-0.2, -0.15) is 18.3 Å². The molecule has 0 aliphatic rings. The van der Waals surface area contributed by atoms with E-state index in [1.54, 1.807) is 13.0 Å². The number of benzene rings is 3. The number of aryl methyl sites for hydroxylation is 1. The Hall–Kier alpha value is -3.60. The molecule has 0 unspecified atom stereocenters. The zero-order valence-electron chi connectivity index (χ0n) is 16.1. The van der Waals surface area contributed by atoms with Crippen LogP contribution in [-0.4, -0.2) is 13.5 Å². The third kappa shape index (κ3) is 5.31. The Labute approximate surface area is 176 Å². The van der Waals surface area contributed by atoms with Gasteiger partial charge in [-0.05, 0) is 67.1 Å². The second-order valence-electron chi connectivity index (χ2n) is 6.57. The number of phenolic OH excluding ortho intramolecular Hbond substituents is 1. The number of nitrogens with two attached hydrogens (primary N) is 1. The highest BCUT2D eigenvalue weighted by molar-refractivity contribution is 7.92. The lowest BCUT2D eigenvalue weighted by Crippen LogP contribution is -2.13. The number of aromatic hydroxyl groups is 1. The first-order valence-electron chi connectivity index (χ1n) is 8.77. The summed E-state index contributed by atoms with van der Waals surface area (Å²) in [7, 11) is -4.01. The van der Waals surface area contributed by atoms with Gasteiger partial charge in [0.1, 0.15) is 11.4 Å². The zero-order chi connectivity index (χ0) is 22.8. The van der Waals surface area contributed by atoms with E-state index in [-0.39, 0.29) is 22.0 Å². The van der Waals surface area contributed by atoms with Crippen molar-refractivity contribution in [2.24, 2.45) is 10.2 Å². The Morgan fingerprint density at radius 2 is 1.58 bits per heavy atom. The van der Waals surface area contributed by atoms with Crippen molar-refractivity contribution >= 4 is 32.8 Å². The molecular weight excluding hydrogens is 433 g/mol. The average Bonchev–Trinajstić information content (AvgIpc) is 2.69. The maximum absolute atomic E-state index is 12.6. The largest absolute Gasteiger partial charge is 0.508 e. The highest BCUT2D eigenvalue weighted by Crippen LogP contribution is 2.32. The van der Waals surface area contributed by atoms with E-state index in [1.807, 2.05) is 0 Å². The lowest BCUT2D eigenvalue weighted by atomic mass is 10.2. The van der Waals surface area contributed by atoms with Crippen LogP contribution >= 0.6 is 0 Å². The SMILES string of the molecule is Cc1cc(N=Nc2ccc(S(=O)(=O)Nc3ccc(C(F)(F)F)cc3)cc2)c(N)cc1O. The first kappa shape index (κ1) is 22.1. The molecule has 0 amide bonds. The molecule has 0 radical (unpaired) electrons. The van der Waals surface area contributed by atoms with Gasteiger partial charge in [-0.3, -0.25) is 4.72 Å². The molecule has 0 bridgehead atoms. The van der Waals surface area contributed by atoms with E-state index in [2.05, 4.69) is 15.0 Å². The van der Waals surface area contributed by atoms with Crippen molar-refractivity contribution in [1.82, 2.24) is 0 Å². The minimum atomic E-state index is -4.51. The van der Waals surface area contributed by atoms with Crippen LogP contribution in [0.4, 0.5) is 35.9 Å². The molecule has 0 atom stereocenters. The molecule has 4 N–H and O–H groups in total. The predicted octanol–water partition coefficient (Wildman–Crippen LogP) is 5.52. The maximum atomic E-state index is 12.6. The van der Waals surface area contributed by atoms with Crippen LogP contribution in [0, 0.1) is 6.92 Å². The van der Waals surface area contributed by atoms with Crippen LogP contribution < -0.4 is 10.5 Å². The molecule has 3 rings (SSSR count). The molecule has 3 aromatic rings. The minimum Gasteiger partial charge on any atom is -0.508 e. The molecule has 31 heavy (non-hydrogen) atoms. The van der Waals surface area contributed by atoms with E-state index >= 15 is 0 Å². The number of sulfonamides is 1. The fraction of sp³-hybridized carbons (Fsp3) is 0.100. The molecule has 162 valence electrons. The number of halogens is 3. The average molecular weight is 450 g/mol. The molecule has 0 fully saturated rings. The van der Waals surface area contributed by atoms with Gasteiger partial charge in [0.15, 0.2) is 0 Å². The summed E-state index contributed by atoms with van der Waals surface area (Å²) in [5, 5.41) is 17.6. The Balaban J connectivity index is 1.75. The summed E-state index contributed by atoms with van der Waals surface area (Å²) in [4.78, 5) is -0.105. The maximum Gasteiger partial charge on any atom is 0.416 e. The molecule has 0 saturated heterocycles. The van der Waals surface area contributed by atoms with Gasteiger partial charge in [-0.1, -0.05) is 0 Å². The molecule has 0 heterocycles. The summed E-state index contributed by atoms with van der Waals surface area (Å²) in [5.74, 6) is 0.0338. The molecule has 11 heteroatoms. The van der Waals surface area contributed by atoms with Gasteiger partial charge < -0.3 is 10.8 Å². The van der Waals surface area contributed by atoms with Gasteiger partial charge >= 0.3 is 6.18 Å². The van der Waals surface area contributed by atoms with E-state index in [9.17, 15) is 26.7 Å². The lowest BCUT2D eigenvalue weighted by Gasteiger charge is -2.10. The normalized spacial score (nSPS) is 12.3. The zero-order valence-corrected chi connectivity index (χ0v) is 16.9. The predicted molar refractivity (Wildman–Crippen MR) is 110 cm³/mol. The Kier molecular flexibility index (Phi) is 5.89. The lowest BCUT2D eigenvalue weighted by molar-refractivity contribution is -0.137. The van der Waals surface area contributed by atoms with Crippen molar-refractivity contribution in [2.45, 2.75) is 18.0 Å². The van der Waals surface area contributed by atoms with Gasteiger partial charge in [0.2, 0.25) is 0 Å². The topological polar surface area (TPSA) is 117 Å². The second-order valence-corrected chi connectivity index (χ2v) is 8.25. The number of anilines is 2. The third-order valence-electron chi connectivity index (χ3n) is 4.23. The van der Waals surface area contributed by atoms with E-state index < -0.39 is 21.8 Å². The Morgan fingerprint density at radius 1 is 0.968 bits per heavy atom. The summed E-state index contributed by atoms with van der Waals surface area (Å²) >= 11 is 0. The summed E-state index contributed by atoms with van der Waals surface area (Å²) in [6.45, 7) is 1.68. The fourth-order valence-electron chi connectivity index (χ4n) is 2.53. The highest BCUT2D eigenvalue weighted by Gasteiger charge is 2.30. The van der Waals surface area contributed by atoms with Crippen molar-refractivity contribution in [2.75, 3.05) is 10.5 Å². The number of azo groups is 1. The molecule has 0 aliphatic heterocycles. The summed E-state index contributed by atoms with van der Waals surface area (Å²) in [6, 6.07) is 11.9. The standard InChI is InChI=1S/C20H17F3N4O3S/c1-12-10-18(17(24)11-19(12)28)26-25-14-6-8-16(9-7-14)31(29,30)27-15-4-2-13(3-5-15)20(21,22)23/h2-11,27-28H,24H2,1H3. The van der Waals surface area contributed by atoms with E-state index in [1.165, 1.54) is 30.3 Å². The number of nitrogens with zero attached hydrogens (tertiary/aromatic N) is 2. The van der Waals surface area contributed by atoms with Crippen LogP contribution in [0.2, 0.25) is 0 Å². The molecule has 0 aliphatic carbocycles. The molecule has 0 spiro atoms. The number of phenols is 1. The Morgan fingerprint density at radius 3 is 2.16 bits per heavy atom. The van der Waals surface area contributed by atoms with Crippen LogP contribution in [0.15, 0.2) is 75.8 Å². The summed E-state index contributed by atoms with van der Waals surface area (Å²) in [6.07, 6.45) is -4.51. The molecular formula is C20H17F3N4O3S. The Bertz CT molecular complexity index is 1220. The minimum absolute atomic E-state index is 0.00469. The quantitative estimate of drug-likeness (QED) is 0.350. The first-order chi connectivity index (χ1) is 14.5. The van der Waals surface area contributed by atoms with Crippen LogP contribution in [-0.2, 0) is 16.2 Å². The van der Waals surface area contributed by atoms with Crippen LogP contribution in [0.3, 0.4) is 0 Å². The molecule has 7 nitrogen and oxygen atoms in total.